The second-order valence-electron chi connectivity index (χ2n) is 5.35. The van der Waals surface area contributed by atoms with Crippen LogP contribution in [-0.2, 0) is 0 Å². The van der Waals surface area contributed by atoms with Crippen LogP contribution >= 0.6 is 0 Å². The van der Waals surface area contributed by atoms with Crippen LogP contribution in [0.3, 0.4) is 0 Å². The fraction of sp³-hybridized carbons (Fsp3) is 0.571. The molecule has 1 aromatic carbocycles. The van der Waals surface area contributed by atoms with Gasteiger partial charge in [0.25, 0.3) is 0 Å². The van der Waals surface area contributed by atoms with E-state index < -0.39 is 18.0 Å². The molecule has 1 heterocycles. The molecule has 0 N–H and O–H groups in total. The topological polar surface area (TPSA) is 3.24 Å². The fourth-order valence-corrected chi connectivity index (χ4v) is 2.67. The van der Waals surface area contributed by atoms with Gasteiger partial charge in [0, 0.05) is 12.2 Å². The molecule has 1 aromatic rings. The van der Waals surface area contributed by atoms with Crippen molar-refractivity contribution in [1.29, 1.82) is 0 Å². The molecule has 106 valence electrons. The minimum Gasteiger partial charge on any atom is -0.360 e. The van der Waals surface area contributed by atoms with Crippen molar-refractivity contribution in [3.05, 3.63) is 29.1 Å². The van der Waals surface area contributed by atoms with Gasteiger partial charge in [0.2, 0.25) is 0 Å². The van der Waals surface area contributed by atoms with E-state index in [4.69, 9.17) is 0 Å². The quantitative estimate of drug-likeness (QED) is 0.723. The first-order chi connectivity index (χ1) is 8.71. The minimum atomic E-state index is -4.25. The molecule has 0 saturated carbocycles. The summed E-state index contributed by atoms with van der Waals surface area (Å²) in [5, 5.41) is 0. The van der Waals surface area contributed by atoms with Crippen LogP contribution in [0.5, 0.6) is 0 Å². The highest BCUT2D eigenvalue weighted by Crippen LogP contribution is 2.38. The zero-order valence-corrected chi connectivity index (χ0v) is 11.2. The second-order valence-corrected chi connectivity index (χ2v) is 5.35. The Morgan fingerprint density at radius 1 is 1.26 bits per heavy atom. The van der Waals surface area contributed by atoms with E-state index >= 15 is 0 Å². The summed E-state index contributed by atoms with van der Waals surface area (Å²) in [6, 6.07) is 1.40. The molecular weight excluding hydrogens is 258 g/mol. The first-order valence-corrected chi connectivity index (χ1v) is 6.35. The number of alkyl halides is 3. The van der Waals surface area contributed by atoms with Gasteiger partial charge in [-0.25, -0.2) is 4.39 Å². The van der Waals surface area contributed by atoms with Gasteiger partial charge in [-0.15, -0.1) is 0 Å². The van der Waals surface area contributed by atoms with Gasteiger partial charge in [0.1, 0.15) is 11.9 Å². The maximum absolute atomic E-state index is 14.0. The van der Waals surface area contributed by atoms with Crippen molar-refractivity contribution >= 4 is 5.69 Å². The monoisotopic (exact) mass is 275 g/mol. The molecule has 1 nitrogen and oxygen atoms in total. The summed E-state index contributed by atoms with van der Waals surface area (Å²) in [5.41, 5.74) is 1.61. The van der Waals surface area contributed by atoms with Gasteiger partial charge < -0.3 is 4.90 Å². The highest BCUT2D eigenvalue weighted by molar-refractivity contribution is 5.55. The van der Waals surface area contributed by atoms with Gasteiger partial charge in [0.05, 0.1) is 0 Å². The highest BCUT2D eigenvalue weighted by Gasteiger charge is 2.48. The van der Waals surface area contributed by atoms with Gasteiger partial charge in [-0.2, -0.15) is 13.2 Å². The van der Waals surface area contributed by atoms with Crippen molar-refractivity contribution in [2.24, 2.45) is 0 Å². The molecule has 0 aromatic heterocycles. The van der Waals surface area contributed by atoms with Crippen LogP contribution in [0.4, 0.5) is 23.2 Å². The number of aryl methyl sites for hydroxylation is 1. The number of hydrogen-bond acceptors (Lipinski definition) is 1. The van der Waals surface area contributed by atoms with Crippen LogP contribution in [0.1, 0.15) is 37.3 Å². The van der Waals surface area contributed by atoms with Crippen LogP contribution in [0.25, 0.3) is 0 Å². The van der Waals surface area contributed by atoms with Crippen LogP contribution in [0.15, 0.2) is 12.1 Å². The summed E-state index contributed by atoms with van der Waals surface area (Å²) < 4.78 is 52.1. The lowest BCUT2D eigenvalue weighted by molar-refractivity contribution is -0.159. The van der Waals surface area contributed by atoms with Gasteiger partial charge >= 0.3 is 6.18 Å². The van der Waals surface area contributed by atoms with Gasteiger partial charge in [-0.3, -0.25) is 0 Å². The molecule has 1 aliphatic rings. The van der Waals surface area contributed by atoms with Crippen molar-refractivity contribution in [3.63, 3.8) is 0 Å². The van der Waals surface area contributed by atoms with Crippen molar-refractivity contribution < 1.29 is 17.6 Å². The normalized spacial score (nSPS) is 19.8. The Morgan fingerprint density at radius 3 is 2.26 bits per heavy atom. The summed E-state index contributed by atoms with van der Waals surface area (Å²) in [7, 11) is 0. The maximum atomic E-state index is 14.0. The first-order valence-electron chi connectivity index (χ1n) is 6.35. The lowest BCUT2D eigenvalue weighted by Gasteiger charge is -2.43. The maximum Gasteiger partial charge on any atom is 0.408 e. The zero-order valence-electron chi connectivity index (χ0n) is 11.2. The zero-order chi connectivity index (χ0) is 14.4. The average Bonchev–Trinajstić information content (AvgIpc) is 2.09. The molecule has 1 unspecified atom stereocenters. The summed E-state index contributed by atoms with van der Waals surface area (Å²) in [4.78, 5) is 1.22. The third kappa shape index (κ3) is 2.55. The number of rotatable bonds is 2. The molecular formula is C14H17F4N. The number of nitrogens with zero attached hydrogens (tertiary/aromatic N) is 1. The Morgan fingerprint density at radius 2 is 1.89 bits per heavy atom. The second kappa shape index (κ2) is 4.69. The van der Waals surface area contributed by atoms with Gasteiger partial charge in [-0.1, -0.05) is 13.8 Å². The molecule has 1 atom stereocenters. The van der Waals surface area contributed by atoms with E-state index in [0.29, 0.717) is 23.4 Å². The number of anilines is 1. The Bertz CT molecular complexity index is 456. The average molecular weight is 275 g/mol. The summed E-state index contributed by atoms with van der Waals surface area (Å²) in [6.07, 6.45) is -4.17. The third-order valence-corrected chi connectivity index (χ3v) is 3.63. The van der Waals surface area contributed by atoms with Crippen LogP contribution in [0.2, 0.25) is 0 Å². The SMILES string of the molecule is Cc1cc(N2CCC2C(F)(F)F)cc(F)c1C(C)C. The molecule has 0 radical (unpaired) electrons. The number of hydrogen-bond donors (Lipinski definition) is 0. The lowest BCUT2D eigenvalue weighted by atomic mass is 9.94. The van der Waals surface area contributed by atoms with Gasteiger partial charge in [0.15, 0.2) is 0 Å². The Labute approximate surface area is 110 Å². The molecule has 1 fully saturated rings. The van der Waals surface area contributed by atoms with E-state index in [1.807, 2.05) is 13.8 Å². The van der Waals surface area contributed by atoms with E-state index in [0.717, 1.165) is 0 Å². The smallest absolute Gasteiger partial charge is 0.360 e. The molecule has 0 bridgehead atoms. The van der Waals surface area contributed by atoms with E-state index in [-0.39, 0.29) is 12.3 Å². The number of benzene rings is 1. The highest BCUT2D eigenvalue weighted by atomic mass is 19.4. The first kappa shape index (κ1) is 14.2. The van der Waals surface area contributed by atoms with E-state index in [1.54, 1.807) is 13.0 Å². The standard InChI is InChI=1S/C14H17F4N/c1-8(2)13-9(3)6-10(7-11(13)15)19-5-4-12(19)14(16,17)18/h6-8,12H,4-5H2,1-3H3. The summed E-state index contributed by atoms with van der Waals surface area (Å²) >= 11 is 0. The fourth-order valence-electron chi connectivity index (χ4n) is 2.67. The minimum absolute atomic E-state index is 0.0175. The lowest BCUT2D eigenvalue weighted by Crippen LogP contribution is -2.56. The molecule has 5 heteroatoms. The third-order valence-electron chi connectivity index (χ3n) is 3.63. The molecule has 2 rings (SSSR count). The molecule has 19 heavy (non-hydrogen) atoms. The Hall–Kier alpha value is -1.26. The Kier molecular flexibility index (Phi) is 3.49. The van der Waals surface area contributed by atoms with Crippen molar-refractivity contribution in [2.45, 2.75) is 45.3 Å². The predicted molar refractivity (Wildman–Crippen MR) is 67.0 cm³/mol. The Balaban J connectivity index is 2.33. The van der Waals surface area contributed by atoms with Crippen molar-refractivity contribution in [2.75, 3.05) is 11.4 Å². The van der Waals surface area contributed by atoms with E-state index in [9.17, 15) is 17.6 Å². The van der Waals surface area contributed by atoms with Crippen LogP contribution in [-0.4, -0.2) is 18.8 Å². The predicted octanol–water partition coefficient (Wildman–Crippen LogP) is 4.40. The molecule has 0 aliphatic carbocycles. The van der Waals surface area contributed by atoms with E-state index in [1.165, 1.54) is 11.0 Å². The van der Waals surface area contributed by atoms with Gasteiger partial charge in [-0.05, 0) is 42.5 Å². The van der Waals surface area contributed by atoms with Crippen molar-refractivity contribution in [3.8, 4) is 0 Å². The van der Waals surface area contributed by atoms with Crippen LogP contribution < -0.4 is 4.90 Å². The largest absolute Gasteiger partial charge is 0.408 e. The number of halogens is 4. The van der Waals surface area contributed by atoms with E-state index in [2.05, 4.69) is 0 Å². The summed E-state index contributed by atoms with van der Waals surface area (Å²) in [5.74, 6) is -0.401. The molecule has 1 aliphatic heterocycles. The van der Waals surface area contributed by atoms with Crippen LogP contribution in [0, 0.1) is 12.7 Å². The molecule has 1 saturated heterocycles. The molecule has 0 spiro atoms. The molecule has 0 amide bonds. The van der Waals surface area contributed by atoms with Crippen molar-refractivity contribution in [1.82, 2.24) is 0 Å². The summed E-state index contributed by atoms with van der Waals surface area (Å²) in [6.45, 7) is 5.80.